The fraction of sp³-hybridized carbons (Fsp3) is 0.294. The van der Waals surface area contributed by atoms with Crippen LogP contribution in [0.15, 0.2) is 36.5 Å². The Balaban J connectivity index is 2.11. The summed E-state index contributed by atoms with van der Waals surface area (Å²) in [5.41, 5.74) is 4.37. The summed E-state index contributed by atoms with van der Waals surface area (Å²) in [4.78, 5) is 16.4. The molecule has 0 saturated carbocycles. The molecule has 1 aromatic heterocycles. The van der Waals surface area contributed by atoms with Crippen molar-refractivity contribution in [1.82, 2.24) is 4.98 Å². The highest BCUT2D eigenvalue weighted by atomic mass is 16.1. The van der Waals surface area contributed by atoms with Gasteiger partial charge in [-0.05, 0) is 57.0 Å². The maximum absolute atomic E-state index is 12.2. The highest BCUT2D eigenvalue weighted by molar-refractivity contribution is 6.03. The van der Waals surface area contributed by atoms with E-state index in [0.29, 0.717) is 11.7 Å². The van der Waals surface area contributed by atoms with Crippen LogP contribution in [0.25, 0.3) is 0 Å². The summed E-state index contributed by atoms with van der Waals surface area (Å²) < 4.78 is 0. The Morgan fingerprint density at radius 3 is 2.52 bits per heavy atom. The van der Waals surface area contributed by atoms with Crippen LogP contribution in [0.4, 0.5) is 11.4 Å². The molecule has 0 atom stereocenters. The second-order valence-electron chi connectivity index (χ2n) is 5.43. The second-order valence-corrected chi connectivity index (χ2v) is 5.43. The zero-order valence-electron chi connectivity index (χ0n) is 12.9. The Morgan fingerprint density at radius 1 is 1.14 bits per heavy atom. The molecule has 1 heterocycles. The van der Waals surface area contributed by atoms with E-state index < -0.39 is 0 Å². The number of aromatic nitrogens is 1. The van der Waals surface area contributed by atoms with Crippen LogP contribution in [0.1, 0.15) is 35.5 Å². The lowest BCUT2D eigenvalue weighted by molar-refractivity contribution is 0.102. The second kappa shape index (κ2) is 6.39. The highest BCUT2D eigenvalue weighted by Gasteiger charge is 2.10. The average Bonchev–Trinajstić information content (AvgIpc) is 2.44. The minimum absolute atomic E-state index is 0.195. The first kappa shape index (κ1) is 15.0. The van der Waals surface area contributed by atoms with E-state index in [-0.39, 0.29) is 5.91 Å². The number of nitrogens with one attached hydrogen (secondary N) is 2. The van der Waals surface area contributed by atoms with E-state index in [1.165, 1.54) is 0 Å². The fourth-order valence-corrected chi connectivity index (χ4v) is 2.02. The number of anilines is 2. The molecular formula is C17H21N3O. The van der Waals surface area contributed by atoms with Crippen LogP contribution in [0, 0.1) is 13.8 Å². The van der Waals surface area contributed by atoms with Crippen LogP contribution >= 0.6 is 0 Å². The summed E-state index contributed by atoms with van der Waals surface area (Å²) in [5, 5.41) is 6.15. The summed E-state index contributed by atoms with van der Waals surface area (Å²) >= 11 is 0. The number of nitrogens with zero attached hydrogens (tertiary/aromatic N) is 1. The van der Waals surface area contributed by atoms with E-state index in [4.69, 9.17) is 0 Å². The molecule has 0 aliphatic carbocycles. The van der Waals surface area contributed by atoms with Crippen LogP contribution in [0.3, 0.4) is 0 Å². The van der Waals surface area contributed by atoms with Crippen molar-refractivity contribution in [3.8, 4) is 0 Å². The number of hydrogen-bond acceptors (Lipinski definition) is 3. The van der Waals surface area contributed by atoms with Gasteiger partial charge in [0, 0.05) is 11.7 Å². The largest absolute Gasteiger partial charge is 0.382 e. The smallest absolute Gasteiger partial charge is 0.274 e. The van der Waals surface area contributed by atoms with Gasteiger partial charge in [0.1, 0.15) is 5.69 Å². The van der Waals surface area contributed by atoms with E-state index in [1.54, 1.807) is 12.3 Å². The number of aryl methyl sites for hydroxylation is 1. The predicted octanol–water partition coefficient (Wildman–Crippen LogP) is 3.77. The van der Waals surface area contributed by atoms with Crippen molar-refractivity contribution in [2.24, 2.45) is 0 Å². The lowest BCUT2D eigenvalue weighted by atomic mass is 10.1. The Kier molecular flexibility index (Phi) is 4.58. The molecule has 4 heteroatoms. The molecule has 2 rings (SSSR count). The molecule has 0 spiro atoms. The predicted molar refractivity (Wildman–Crippen MR) is 86.9 cm³/mol. The Hall–Kier alpha value is -2.36. The van der Waals surface area contributed by atoms with Gasteiger partial charge in [-0.25, -0.2) is 4.98 Å². The number of hydrogen-bond donors (Lipinski definition) is 2. The van der Waals surface area contributed by atoms with Crippen molar-refractivity contribution >= 4 is 17.3 Å². The number of pyridine rings is 1. The molecule has 0 aliphatic rings. The lowest BCUT2D eigenvalue weighted by Crippen LogP contribution is -2.15. The third-order valence-electron chi connectivity index (χ3n) is 3.30. The number of carbonyl (C=O) groups excluding carboxylic acids is 1. The number of carbonyl (C=O) groups is 1. The van der Waals surface area contributed by atoms with Crippen LogP contribution in [-0.2, 0) is 0 Å². The molecule has 1 amide bonds. The van der Waals surface area contributed by atoms with Gasteiger partial charge in [-0.1, -0.05) is 12.1 Å². The molecule has 0 bridgehead atoms. The van der Waals surface area contributed by atoms with Crippen molar-refractivity contribution < 1.29 is 4.79 Å². The van der Waals surface area contributed by atoms with Crippen LogP contribution in [-0.4, -0.2) is 16.9 Å². The first-order chi connectivity index (χ1) is 9.97. The average molecular weight is 283 g/mol. The minimum atomic E-state index is -0.195. The third-order valence-corrected chi connectivity index (χ3v) is 3.30. The highest BCUT2D eigenvalue weighted by Crippen LogP contribution is 2.18. The van der Waals surface area contributed by atoms with Gasteiger partial charge in [-0.2, -0.15) is 0 Å². The van der Waals surface area contributed by atoms with E-state index in [1.807, 2.05) is 38.1 Å². The van der Waals surface area contributed by atoms with Crippen LogP contribution < -0.4 is 10.6 Å². The molecule has 0 aliphatic heterocycles. The zero-order valence-corrected chi connectivity index (χ0v) is 12.9. The molecule has 21 heavy (non-hydrogen) atoms. The molecule has 110 valence electrons. The van der Waals surface area contributed by atoms with Crippen molar-refractivity contribution in [2.75, 3.05) is 10.6 Å². The third kappa shape index (κ3) is 3.81. The van der Waals surface area contributed by atoms with Crippen molar-refractivity contribution in [1.29, 1.82) is 0 Å². The van der Waals surface area contributed by atoms with E-state index in [0.717, 1.165) is 22.5 Å². The molecular weight excluding hydrogens is 262 g/mol. The molecule has 2 aromatic rings. The zero-order chi connectivity index (χ0) is 15.4. The standard InChI is InChI=1S/C17H21N3O/c1-11(2)19-14-8-9-16(18-10-14)17(21)20-15-7-5-6-12(3)13(15)4/h5-11,19H,1-4H3,(H,20,21). The molecule has 1 aromatic carbocycles. The molecule has 0 fully saturated rings. The van der Waals surface area contributed by atoms with E-state index >= 15 is 0 Å². The Bertz CT molecular complexity index is 633. The monoisotopic (exact) mass is 283 g/mol. The van der Waals surface area contributed by atoms with Gasteiger partial charge in [0.2, 0.25) is 0 Å². The van der Waals surface area contributed by atoms with Crippen LogP contribution in [0.5, 0.6) is 0 Å². The van der Waals surface area contributed by atoms with Gasteiger partial charge in [0.25, 0.3) is 5.91 Å². The van der Waals surface area contributed by atoms with Gasteiger partial charge in [-0.3, -0.25) is 4.79 Å². The normalized spacial score (nSPS) is 10.5. The van der Waals surface area contributed by atoms with Crippen molar-refractivity contribution in [3.63, 3.8) is 0 Å². The number of amides is 1. The maximum Gasteiger partial charge on any atom is 0.274 e. The summed E-state index contributed by atoms with van der Waals surface area (Å²) in [6, 6.07) is 9.78. The van der Waals surface area contributed by atoms with Gasteiger partial charge < -0.3 is 10.6 Å². The fourth-order valence-electron chi connectivity index (χ4n) is 2.02. The van der Waals surface area contributed by atoms with Crippen molar-refractivity contribution in [2.45, 2.75) is 33.7 Å². The van der Waals surface area contributed by atoms with Gasteiger partial charge in [0.15, 0.2) is 0 Å². The van der Waals surface area contributed by atoms with Gasteiger partial charge in [-0.15, -0.1) is 0 Å². The Morgan fingerprint density at radius 2 is 1.90 bits per heavy atom. The first-order valence-electron chi connectivity index (χ1n) is 7.07. The minimum Gasteiger partial charge on any atom is -0.382 e. The van der Waals surface area contributed by atoms with Gasteiger partial charge in [0.05, 0.1) is 11.9 Å². The summed E-state index contributed by atoms with van der Waals surface area (Å²) in [7, 11) is 0. The maximum atomic E-state index is 12.2. The quantitative estimate of drug-likeness (QED) is 0.898. The van der Waals surface area contributed by atoms with Crippen molar-refractivity contribution in [3.05, 3.63) is 53.3 Å². The lowest BCUT2D eigenvalue weighted by Gasteiger charge is -2.11. The summed E-state index contributed by atoms with van der Waals surface area (Å²) in [6.45, 7) is 8.13. The molecule has 2 N–H and O–H groups in total. The first-order valence-corrected chi connectivity index (χ1v) is 7.07. The molecule has 4 nitrogen and oxygen atoms in total. The van der Waals surface area contributed by atoms with E-state index in [9.17, 15) is 4.79 Å². The van der Waals surface area contributed by atoms with Crippen LogP contribution in [0.2, 0.25) is 0 Å². The summed E-state index contributed by atoms with van der Waals surface area (Å²) in [6.07, 6.45) is 1.68. The summed E-state index contributed by atoms with van der Waals surface area (Å²) in [5.74, 6) is -0.195. The topological polar surface area (TPSA) is 54.0 Å². The van der Waals surface area contributed by atoms with Gasteiger partial charge >= 0.3 is 0 Å². The van der Waals surface area contributed by atoms with E-state index in [2.05, 4.69) is 29.5 Å². The number of benzene rings is 1. The molecule has 0 unspecified atom stereocenters. The molecule has 0 saturated heterocycles. The SMILES string of the molecule is Cc1cccc(NC(=O)c2ccc(NC(C)C)cn2)c1C. The number of rotatable bonds is 4. The molecule has 0 radical (unpaired) electrons. The Labute approximate surface area is 125 Å².